The van der Waals surface area contributed by atoms with Gasteiger partial charge in [0.05, 0.1) is 24.4 Å². The first kappa shape index (κ1) is 22.0. The van der Waals surface area contributed by atoms with Crippen LogP contribution in [0.4, 0.5) is 4.79 Å². The zero-order valence-electron chi connectivity index (χ0n) is 17.0. The Balaban J connectivity index is 1.87. The molecule has 9 heteroatoms. The predicted molar refractivity (Wildman–Crippen MR) is 118 cm³/mol. The maximum absolute atomic E-state index is 11.7. The van der Waals surface area contributed by atoms with Gasteiger partial charge in [0.2, 0.25) is 0 Å². The lowest BCUT2D eigenvalue weighted by molar-refractivity contribution is 0.0805. The highest BCUT2D eigenvalue weighted by atomic mass is 79.9. The van der Waals surface area contributed by atoms with E-state index >= 15 is 0 Å². The molecule has 0 aliphatic carbocycles. The summed E-state index contributed by atoms with van der Waals surface area (Å²) in [4.78, 5) is 17.7. The van der Waals surface area contributed by atoms with Crippen LogP contribution in [0.1, 0.15) is 18.3 Å². The number of imidazole rings is 1. The number of nitrogens with zero attached hydrogens (tertiary/aromatic N) is 3. The van der Waals surface area contributed by atoms with E-state index < -0.39 is 26.3 Å². The molecule has 1 fully saturated rings. The lowest BCUT2D eigenvalue weighted by Gasteiger charge is -2.22. The summed E-state index contributed by atoms with van der Waals surface area (Å²) in [5.74, 6) is 0.606. The molecule has 0 radical (unpaired) electrons. The minimum Gasteiger partial charge on any atom is -0.465 e. The number of ether oxygens (including phenoxy) is 1. The number of carbonyl (C=O) groups is 1. The van der Waals surface area contributed by atoms with E-state index in [0.29, 0.717) is 25.6 Å². The smallest absolute Gasteiger partial charge is 0.408 e. The van der Waals surface area contributed by atoms with E-state index in [1.54, 1.807) is 0 Å². The SMILES string of the molecule is C[Si](C)(C)CCOCn1cc(-c2ccc(Br)cc2)nc1C1CC(O)CN1C(=O)O. The van der Waals surface area contributed by atoms with Crippen molar-refractivity contribution in [2.24, 2.45) is 0 Å². The van der Waals surface area contributed by atoms with Gasteiger partial charge in [0.15, 0.2) is 0 Å². The second-order valence-electron chi connectivity index (χ2n) is 8.65. The Labute approximate surface area is 180 Å². The number of aliphatic hydroxyl groups excluding tert-OH is 1. The van der Waals surface area contributed by atoms with Crippen LogP contribution < -0.4 is 0 Å². The standard InChI is InChI=1S/C20H28BrN3O4Si/c1-29(2,3)9-8-28-13-23-12-17(14-4-6-15(21)7-5-14)22-19(23)18-10-16(25)11-24(18)20(26)27/h4-7,12,16,18,25H,8-11,13H2,1-3H3,(H,26,27). The van der Waals surface area contributed by atoms with Crippen LogP contribution in [0.2, 0.25) is 25.7 Å². The number of aromatic nitrogens is 2. The highest BCUT2D eigenvalue weighted by Crippen LogP contribution is 2.33. The third-order valence-electron chi connectivity index (χ3n) is 5.00. The molecule has 1 aliphatic rings. The lowest BCUT2D eigenvalue weighted by Crippen LogP contribution is -2.31. The van der Waals surface area contributed by atoms with Crippen LogP contribution in [-0.4, -0.2) is 58.1 Å². The molecule has 2 heterocycles. The van der Waals surface area contributed by atoms with Crippen LogP contribution >= 0.6 is 15.9 Å². The van der Waals surface area contributed by atoms with Crippen LogP contribution in [-0.2, 0) is 11.5 Å². The molecular weight excluding hydrogens is 454 g/mol. The third kappa shape index (κ3) is 5.69. The number of hydrogen-bond donors (Lipinski definition) is 2. The summed E-state index contributed by atoms with van der Waals surface area (Å²) in [7, 11) is -1.20. The van der Waals surface area contributed by atoms with Crippen molar-refractivity contribution in [2.45, 2.75) is 51.0 Å². The molecule has 2 N–H and O–H groups in total. The summed E-state index contributed by atoms with van der Waals surface area (Å²) in [6.07, 6.45) is 0.492. The van der Waals surface area contributed by atoms with E-state index in [4.69, 9.17) is 9.72 Å². The zero-order valence-corrected chi connectivity index (χ0v) is 19.6. The fraction of sp³-hybridized carbons (Fsp3) is 0.500. The van der Waals surface area contributed by atoms with Gasteiger partial charge < -0.3 is 19.5 Å². The molecule has 2 atom stereocenters. The van der Waals surface area contributed by atoms with Gasteiger partial charge in [-0.15, -0.1) is 0 Å². The minimum atomic E-state index is -1.20. The first-order valence-electron chi connectivity index (χ1n) is 9.72. The largest absolute Gasteiger partial charge is 0.465 e. The normalized spacial score (nSPS) is 19.7. The number of hydrogen-bond acceptors (Lipinski definition) is 4. The number of β-amino-alcohol motifs (C(OH)–C–C–N with tert-alkyl or cyclic N) is 1. The van der Waals surface area contributed by atoms with Crippen LogP contribution in [0.15, 0.2) is 34.9 Å². The number of amides is 1. The van der Waals surface area contributed by atoms with Gasteiger partial charge in [-0.2, -0.15) is 0 Å². The average molecular weight is 482 g/mol. The van der Waals surface area contributed by atoms with Crippen molar-refractivity contribution in [1.29, 1.82) is 0 Å². The highest BCUT2D eigenvalue weighted by Gasteiger charge is 2.38. The second-order valence-corrected chi connectivity index (χ2v) is 15.2. The first-order chi connectivity index (χ1) is 13.6. The van der Waals surface area contributed by atoms with E-state index in [-0.39, 0.29) is 6.54 Å². The van der Waals surface area contributed by atoms with Gasteiger partial charge in [-0.1, -0.05) is 47.7 Å². The third-order valence-corrected chi connectivity index (χ3v) is 7.23. The molecule has 3 rings (SSSR count). The van der Waals surface area contributed by atoms with Gasteiger partial charge in [0.1, 0.15) is 12.6 Å². The van der Waals surface area contributed by atoms with Gasteiger partial charge in [-0.25, -0.2) is 9.78 Å². The van der Waals surface area contributed by atoms with Gasteiger partial charge >= 0.3 is 6.09 Å². The molecule has 29 heavy (non-hydrogen) atoms. The summed E-state index contributed by atoms with van der Waals surface area (Å²) in [6.45, 7) is 7.97. The fourth-order valence-electron chi connectivity index (χ4n) is 3.37. The number of likely N-dealkylation sites (tertiary alicyclic amines) is 1. The lowest BCUT2D eigenvalue weighted by atomic mass is 10.2. The molecule has 0 bridgehead atoms. The summed E-state index contributed by atoms with van der Waals surface area (Å²) in [5, 5.41) is 19.6. The number of carboxylic acid groups (broad SMARTS) is 1. The topological polar surface area (TPSA) is 87.8 Å². The van der Waals surface area contributed by atoms with E-state index in [1.807, 2.05) is 35.0 Å². The molecule has 7 nitrogen and oxygen atoms in total. The van der Waals surface area contributed by atoms with Crippen LogP contribution in [0, 0.1) is 0 Å². The highest BCUT2D eigenvalue weighted by molar-refractivity contribution is 9.10. The van der Waals surface area contributed by atoms with Crippen molar-refractivity contribution in [3.8, 4) is 11.3 Å². The zero-order chi connectivity index (χ0) is 21.2. The maximum atomic E-state index is 11.7. The van der Waals surface area contributed by atoms with Crippen molar-refractivity contribution in [1.82, 2.24) is 14.5 Å². The Morgan fingerprint density at radius 1 is 1.31 bits per heavy atom. The van der Waals surface area contributed by atoms with E-state index in [0.717, 1.165) is 21.8 Å². The molecule has 0 spiro atoms. The number of halogens is 1. The summed E-state index contributed by atoms with van der Waals surface area (Å²) in [6, 6.07) is 8.38. The number of aliphatic hydroxyl groups is 1. The van der Waals surface area contributed by atoms with Crippen molar-refractivity contribution < 1.29 is 19.7 Å². The quantitative estimate of drug-likeness (QED) is 0.451. The van der Waals surface area contributed by atoms with Gasteiger partial charge in [-0.3, -0.25) is 4.90 Å². The van der Waals surface area contributed by atoms with Gasteiger partial charge in [-0.05, 0) is 18.2 Å². The molecule has 1 aromatic heterocycles. The van der Waals surface area contributed by atoms with E-state index in [9.17, 15) is 15.0 Å². The Hall–Kier alpha value is -1.68. The maximum Gasteiger partial charge on any atom is 0.408 e. The Morgan fingerprint density at radius 2 is 2.00 bits per heavy atom. The molecular formula is C20H28BrN3O4Si. The van der Waals surface area contributed by atoms with Crippen molar-refractivity contribution in [3.63, 3.8) is 0 Å². The van der Waals surface area contributed by atoms with E-state index in [2.05, 4.69) is 35.6 Å². The van der Waals surface area contributed by atoms with E-state index in [1.165, 1.54) is 4.90 Å². The van der Waals surface area contributed by atoms with Crippen LogP contribution in [0.25, 0.3) is 11.3 Å². The summed E-state index contributed by atoms with van der Waals surface area (Å²) >= 11 is 3.44. The van der Waals surface area contributed by atoms with Crippen molar-refractivity contribution in [3.05, 3.63) is 40.8 Å². The molecule has 1 aromatic carbocycles. The molecule has 158 valence electrons. The monoisotopic (exact) mass is 481 g/mol. The fourth-order valence-corrected chi connectivity index (χ4v) is 4.39. The molecule has 0 saturated carbocycles. The van der Waals surface area contributed by atoms with Crippen molar-refractivity contribution >= 4 is 30.1 Å². The first-order valence-corrected chi connectivity index (χ1v) is 14.2. The Kier molecular flexibility index (Phi) is 6.82. The number of benzene rings is 1. The minimum absolute atomic E-state index is 0.0942. The van der Waals surface area contributed by atoms with Crippen molar-refractivity contribution in [2.75, 3.05) is 13.2 Å². The molecule has 2 unspecified atom stereocenters. The van der Waals surface area contributed by atoms with Crippen LogP contribution in [0.5, 0.6) is 0 Å². The molecule has 1 amide bonds. The molecule has 1 aliphatic heterocycles. The Bertz CT molecular complexity index is 850. The Morgan fingerprint density at radius 3 is 2.62 bits per heavy atom. The summed E-state index contributed by atoms with van der Waals surface area (Å²) in [5.41, 5.74) is 1.70. The van der Waals surface area contributed by atoms with Crippen LogP contribution in [0.3, 0.4) is 0 Å². The molecule has 1 saturated heterocycles. The summed E-state index contributed by atoms with van der Waals surface area (Å²) < 4.78 is 8.76. The van der Waals surface area contributed by atoms with Gasteiger partial charge in [0.25, 0.3) is 0 Å². The second kappa shape index (κ2) is 8.99. The number of rotatable bonds is 7. The molecule has 2 aromatic rings. The predicted octanol–water partition coefficient (Wildman–Crippen LogP) is 4.41. The van der Waals surface area contributed by atoms with Gasteiger partial charge in [0, 0.05) is 37.3 Å². The average Bonchev–Trinajstić information content (AvgIpc) is 3.22.